The van der Waals surface area contributed by atoms with Crippen LogP contribution < -0.4 is 10.1 Å². The monoisotopic (exact) mass is 306 g/mol. The third kappa shape index (κ3) is 4.44. The van der Waals surface area contributed by atoms with E-state index in [1.165, 1.54) is 0 Å². The van der Waals surface area contributed by atoms with Crippen LogP contribution in [0.5, 0.6) is 5.88 Å². The zero-order chi connectivity index (χ0) is 16.3. The predicted molar refractivity (Wildman–Crippen MR) is 84.5 cm³/mol. The van der Waals surface area contributed by atoms with Crippen LogP contribution in [0.3, 0.4) is 0 Å². The minimum absolute atomic E-state index is 0.0368. The summed E-state index contributed by atoms with van der Waals surface area (Å²) < 4.78 is 5.08. The molecule has 1 fully saturated rings. The third-order valence-electron chi connectivity index (χ3n) is 3.96. The maximum atomic E-state index is 12.3. The molecule has 122 valence electrons. The van der Waals surface area contributed by atoms with Gasteiger partial charge in [-0.25, -0.2) is 4.98 Å². The van der Waals surface area contributed by atoms with Crippen molar-refractivity contribution in [3.8, 4) is 5.88 Å². The van der Waals surface area contributed by atoms with E-state index in [-0.39, 0.29) is 29.4 Å². The maximum absolute atomic E-state index is 12.3. The average Bonchev–Trinajstić information content (AvgIpc) is 2.40. The van der Waals surface area contributed by atoms with Crippen molar-refractivity contribution in [3.63, 3.8) is 0 Å². The summed E-state index contributed by atoms with van der Waals surface area (Å²) in [6, 6.07) is 3.63. The van der Waals surface area contributed by atoms with Crippen LogP contribution in [0.2, 0.25) is 0 Å². The van der Waals surface area contributed by atoms with Gasteiger partial charge in [-0.1, -0.05) is 26.8 Å². The Kier molecular flexibility index (Phi) is 5.06. The van der Waals surface area contributed by atoms with Gasteiger partial charge < -0.3 is 15.2 Å². The Morgan fingerprint density at radius 3 is 2.59 bits per heavy atom. The number of pyridine rings is 1. The zero-order valence-electron chi connectivity index (χ0n) is 13.8. The first-order valence-corrected chi connectivity index (χ1v) is 7.76. The molecule has 1 heterocycles. The van der Waals surface area contributed by atoms with Crippen LogP contribution >= 0.6 is 0 Å². The van der Waals surface area contributed by atoms with Crippen LogP contribution in [-0.2, 0) is 4.79 Å². The van der Waals surface area contributed by atoms with Crippen LogP contribution in [0, 0.1) is 11.3 Å². The van der Waals surface area contributed by atoms with Gasteiger partial charge >= 0.3 is 0 Å². The molecular formula is C17H26N2O3. The number of rotatable bonds is 5. The van der Waals surface area contributed by atoms with E-state index in [0.29, 0.717) is 25.1 Å². The molecule has 2 N–H and O–H groups in total. The molecule has 0 aliphatic heterocycles. The van der Waals surface area contributed by atoms with Gasteiger partial charge in [0.1, 0.15) is 0 Å². The normalized spacial score (nSPS) is 22.6. The summed E-state index contributed by atoms with van der Waals surface area (Å²) in [6.45, 7) is 6.14. The van der Waals surface area contributed by atoms with Crippen molar-refractivity contribution in [2.24, 2.45) is 11.3 Å². The van der Waals surface area contributed by atoms with Crippen LogP contribution in [0.15, 0.2) is 18.3 Å². The summed E-state index contributed by atoms with van der Waals surface area (Å²) in [7, 11) is 1.58. The fraction of sp³-hybridized carbons (Fsp3) is 0.647. The molecule has 0 spiro atoms. The number of nitrogens with zero attached hydrogens (tertiary/aromatic N) is 1. The standard InChI is InChI=1S/C17H26N2O3/c1-17(2,3)9-14(21)19-16(12-7-13(20)8-12)11-5-6-15(22-4)18-10-11/h5-6,10,12-13,16,20H,7-9H2,1-4H3,(H,19,21)/t12?,13?,16-/m0/s1. The van der Waals surface area contributed by atoms with Crippen molar-refractivity contribution in [2.75, 3.05) is 7.11 Å². The third-order valence-corrected chi connectivity index (χ3v) is 3.96. The summed E-state index contributed by atoms with van der Waals surface area (Å²) in [5.41, 5.74) is 0.909. The molecule has 5 nitrogen and oxygen atoms in total. The Bertz CT molecular complexity index is 502. The van der Waals surface area contributed by atoms with Gasteiger partial charge in [0, 0.05) is 18.7 Å². The summed E-state index contributed by atoms with van der Waals surface area (Å²) in [5.74, 6) is 0.848. The van der Waals surface area contributed by atoms with Crippen molar-refractivity contribution in [3.05, 3.63) is 23.9 Å². The fourth-order valence-corrected chi connectivity index (χ4v) is 2.78. The molecule has 1 aliphatic rings. The second-order valence-electron chi connectivity index (χ2n) is 7.30. The second kappa shape index (κ2) is 6.65. The molecule has 0 aromatic carbocycles. The SMILES string of the molecule is COc1ccc([C@H](NC(=O)CC(C)(C)C)C2CC(O)C2)cn1. The largest absolute Gasteiger partial charge is 0.481 e. The zero-order valence-corrected chi connectivity index (χ0v) is 13.8. The van der Waals surface area contributed by atoms with E-state index < -0.39 is 0 Å². The average molecular weight is 306 g/mol. The number of methoxy groups -OCH3 is 1. The van der Waals surface area contributed by atoms with E-state index in [4.69, 9.17) is 4.74 Å². The number of ether oxygens (including phenoxy) is 1. The molecule has 0 saturated heterocycles. The molecule has 2 rings (SSSR count). The molecule has 5 heteroatoms. The minimum Gasteiger partial charge on any atom is -0.481 e. The van der Waals surface area contributed by atoms with Gasteiger partial charge in [0.25, 0.3) is 0 Å². The number of aromatic nitrogens is 1. The summed E-state index contributed by atoms with van der Waals surface area (Å²) in [4.78, 5) is 16.5. The van der Waals surface area contributed by atoms with Gasteiger partial charge in [0.15, 0.2) is 0 Å². The van der Waals surface area contributed by atoms with Crippen molar-refractivity contribution in [2.45, 2.75) is 52.2 Å². The lowest BCUT2D eigenvalue weighted by atomic mass is 9.75. The summed E-state index contributed by atoms with van der Waals surface area (Å²) in [5, 5.41) is 12.7. The van der Waals surface area contributed by atoms with Crippen LogP contribution in [0.1, 0.15) is 51.6 Å². The lowest BCUT2D eigenvalue weighted by molar-refractivity contribution is -0.124. The maximum Gasteiger partial charge on any atom is 0.221 e. The minimum atomic E-state index is -0.252. The van der Waals surface area contributed by atoms with Gasteiger partial charge in [-0.05, 0) is 29.7 Å². The van der Waals surface area contributed by atoms with Gasteiger partial charge in [-0.2, -0.15) is 0 Å². The number of hydrogen-bond acceptors (Lipinski definition) is 4. The van der Waals surface area contributed by atoms with E-state index in [1.54, 1.807) is 19.4 Å². The molecule has 0 bridgehead atoms. The molecule has 0 radical (unpaired) electrons. The van der Waals surface area contributed by atoms with Crippen molar-refractivity contribution in [1.82, 2.24) is 10.3 Å². The Morgan fingerprint density at radius 1 is 1.45 bits per heavy atom. The quantitative estimate of drug-likeness (QED) is 0.876. The second-order valence-corrected chi connectivity index (χ2v) is 7.30. The lowest BCUT2D eigenvalue weighted by Gasteiger charge is -2.38. The number of carbonyl (C=O) groups excluding carboxylic acids is 1. The van der Waals surface area contributed by atoms with Crippen LogP contribution in [0.4, 0.5) is 0 Å². The van der Waals surface area contributed by atoms with E-state index in [9.17, 15) is 9.90 Å². The summed E-state index contributed by atoms with van der Waals surface area (Å²) in [6.07, 6.45) is 3.39. The molecule has 1 aliphatic carbocycles. The lowest BCUT2D eigenvalue weighted by Crippen LogP contribution is -2.42. The first-order chi connectivity index (χ1) is 10.3. The Hall–Kier alpha value is -1.62. The fourth-order valence-electron chi connectivity index (χ4n) is 2.78. The summed E-state index contributed by atoms with van der Waals surface area (Å²) >= 11 is 0. The molecule has 1 aromatic rings. The Balaban J connectivity index is 2.10. The van der Waals surface area contributed by atoms with E-state index in [2.05, 4.69) is 10.3 Å². The van der Waals surface area contributed by atoms with Gasteiger partial charge in [-0.15, -0.1) is 0 Å². The van der Waals surface area contributed by atoms with Gasteiger partial charge in [0.05, 0.1) is 19.3 Å². The Labute approximate surface area is 132 Å². The Morgan fingerprint density at radius 2 is 2.14 bits per heavy atom. The van der Waals surface area contributed by atoms with Gasteiger partial charge in [0.2, 0.25) is 11.8 Å². The molecule has 22 heavy (non-hydrogen) atoms. The highest BCUT2D eigenvalue weighted by Gasteiger charge is 2.36. The van der Waals surface area contributed by atoms with E-state index in [1.807, 2.05) is 26.8 Å². The van der Waals surface area contributed by atoms with Crippen LogP contribution in [-0.4, -0.2) is 29.2 Å². The first-order valence-electron chi connectivity index (χ1n) is 7.76. The highest BCUT2D eigenvalue weighted by molar-refractivity contribution is 5.77. The smallest absolute Gasteiger partial charge is 0.221 e. The highest BCUT2D eigenvalue weighted by atomic mass is 16.5. The number of hydrogen-bond donors (Lipinski definition) is 2. The number of amides is 1. The van der Waals surface area contributed by atoms with Crippen molar-refractivity contribution < 1.29 is 14.6 Å². The number of aliphatic hydroxyl groups is 1. The highest BCUT2D eigenvalue weighted by Crippen LogP contribution is 2.38. The number of aliphatic hydroxyl groups excluding tert-OH is 1. The predicted octanol–water partition coefficient (Wildman–Crippen LogP) is 2.45. The number of carbonyl (C=O) groups is 1. The van der Waals surface area contributed by atoms with Crippen molar-refractivity contribution in [1.29, 1.82) is 0 Å². The van der Waals surface area contributed by atoms with Crippen molar-refractivity contribution >= 4 is 5.91 Å². The van der Waals surface area contributed by atoms with Crippen LogP contribution in [0.25, 0.3) is 0 Å². The van der Waals surface area contributed by atoms with E-state index >= 15 is 0 Å². The van der Waals surface area contributed by atoms with Gasteiger partial charge in [-0.3, -0.25) is 4.79 Å². The number of nitrogens with one attached hydrogen (secondary N) is 1. The van der Waals surface area contributed by atoms with E-state index in [0.717, 1.165) is 5.56 Å². The molecule has 1 saturated carbocycles. The molecule has 1 atom stereocenters. The molecule has 1 amide bonds. The molecular weight excluding hydrogens is 280 g/mol. The first kappa shape index (κ1) is 16.7. The molecule has 1 aromatic heterocycles. The molecule has 0 unspecified atom stereocenters. The topological polar surface area (TPSA) is 71.5 Å².